The van der Waals surface area contributed by atoms with Gasteiger partial charge >= 0.3 is 6.18 Å². The Bertz CT molecular complexity index is 450. The number of carbonyl (C=O) groups is 1. The summed E-state index contributed by atoms with van der Waals surface area (Å²) < 4.78 is 38.7. The summed E-state index contributed by atoms with van der Waals surface area (Å²) >= 11 is 0. The molecule has 0 radical (unpaired) electrons. The highest BCUT2D eigenvalue weighted by Gasteiger charge is 2.42. The van der Waals surface area contributed by atoms with Crippen molar-refractivity contribution in [2.75, 3.05) is 0 Å². The number of Topliss-reactive ketones (excluding diaryl/α,β-unsaturated/α-hetero) is 1. The Labute approximate surface area is 97.6 Å². The molecule has 0 saturated heterocycles. The zero-order valence-corrected chi connectivity index (χ0v) is 9.47. The van der Waals surface area contributed by atoms with E-state index >= 15 is 0 Å². The summed E-state index contributed by atoms with van der Waals surface area (Å²) in [5.41, 5.74) is -1.03. The zero-order valence-electron chi connectivity index (χ0n) is 9.47. The van der Waals surface area contributed by atoms with E-state index in [-0.39, 0.29) is 17.8 Å². The molecule has 1 fully saturated rings. The minimum absolute atomic E-state index is 0.0458. The van der Waals surface area contributed by atoms with Gasteiger partial charge in [-0.1, -0.05) is 25.1 Å². The van der Waals surface area contributed by atoms with Crippen LogP contribution in [0.5, 0.6) is 0 Å². The van der Waals surface area contributed by atoms with Gasteiger partial charge in [0, 0.05) is 18.3 Å². The second-order valence-electron chi connectivity index (χ2n) is 4.82. The molecule has 2 rings (SSSR count). The Hall–Kier alpha value is -1.32. The van der Waals surface area contributed by atoms with E-state index in [1.54, 1.807) is 13.0 Å². The third kappa shape index (κ3) is 2.21. The molecule has 1 aliphatic carbocycles. The van der Waals surface area contributed by atoms with Crippen LogP contribution in [0.1, 0.15) is 37.3 Å². The molecule has 1 nitrogen and oxygen atoms in total. The first kappa shape index (κ1) is 12.1. The molecule has 1 aromatic carbocycles. The Morgan fingerprint density at radius 3 is 2.41 bits per heavy atom. The van der Waals surface area contributed by atoms with E-state index in [1.165, 1.54) is 12.1 Å². The molecule has 1 atom stereocenters. The highest BCUT2D eigenvalue weighted by atomic mass is 19.4. The summed E-state index contributed by atoms with van der Waals surface area (Å²) in [6.07, 6.45) is -3.27. The highest BCUT2D eigenvalue weighted by molar-refractivity contribution is 5.82. The van der Waals surface area contributed by atoms with Crippen LogP contribution < -0.4 is 0 Å². The second-order valence-corrected chi connectivity index (χ2v) is 4.82. The number of halogens is 3. The van der Waals surface area contributed by atoms with Gasteiger partial charge in [-0.05, 0) is 18.1 Å². The minimum atomic E-state index is -4.36. The fourth-order valence-corrected chi connectivity index (χ4v) is 2.51. The fourth-order valence-electron chi connectivity index (χ4n) is 2.51. The molecule has 0 amide bonds. The molecule has 0 N–H and O–H groups in total. The van der Waals surface area contributed by atoms with E-state index < -0.39 is 17.2 Å². The summed E-state index contributed by atoms with van der Waals surface area (Å²) in [7, 11) is 0. The van der Waals surface area contributed by atoms with Crippen LogP contribution in [-0.2, 0) is 16.4 Å². The molecular weight excluding hydrogens is 229 g/mol. The van der Waals surface area contributed by atoms with Crippen molar-refractivity contribution >= 4 is 5.78 Å². The Morgan fingerprint density at radius 1 is 1.24 bits per heavy atom. The van der Waals surface area contributed by atoms with E-state index in [4.69, 9.17) is 0 Å². The average Bonchev–Trinajstić information content (AvgIpc) is 2.59. The van der Waals surface area contributed by atoms with Gasteiger partial charge < -0.3 is 0 Å². The number of benzene rings is 1. The van der Waals surface area contributed by atoms with Crippen molar-refractivity contribution in [1.29, 1.82) is 0 Å². The predicted molar refractivity (Wildman–Crippen MR) is 57.7 cm³/mol. The molecule has 1 saturated carbocycles. The average molecular weight is 242 g/mol. The Kier molecular flexibility index (Phi) is 2.76. The maximum atomic E-state index is 12.9. The summed E-state index contributed by atoms with van der Waals surface area (Å²) in [6.45, 7) is 1.74. The first-order valence-corrected chi connectivity index (χ1v) is 5.51. The van der Waals surface area contributed by atoms with Gasteiger partial charge in [-0.25, -0.2) is 0 Å². The van der Waals surface area contributed by atoms with Crippen molar-refractivity contribution < 1.29 is 18.0 Å². The normalized spacial score (nSPS) is 25.3. The smallest absolute Gasteiger partial charge is 0.300 e. The van der Waals surface area contributed by atoms with Gasteiger partial charge in [-0.2, -0.15) is 13.2 Å². The number of alkyl halides is 3. The molecule has 1 unspecified atom stereocenters. The van der Waals surface area contributed by atoms with Gasteiger partial charge in [-0.3, -0.25) is 4.79 Å². The van der Waals surface area contributed by atoms with Crippen molar-refractivity contribution in [3.8, 4) is 0 Å². The van der Waals surface area contributed by atoms with Crippen LogP contribution in [-0.4, -0.2) is 5.78 Å². The van der Waals surface area contributed by atoms with Crippen LogP contribution in [0.15, 0.2) is 24.3 Å². The largest absolute Gasteiger partial charge is 0.416 e. The quantitative estimate of drug-likeness (QED) is 0.733. The van der Waals surface area contributed by atoms with Crippen LogP contribution in [0, 0.1) is 0 Å². The molecule has 0 heterocycles. The molecule has 0 bridgehead atoms. The minimum Gasteiger partial charge on any atom is -0.300 e. The monoisotopic (exact) mass is 242 g/mol. The Morgan fingerprint density at radius 2 is 1.88 bits per heavy atom. The van der Waals surface area contributed by atoms with Crippen molar-refractivity contribution in [3.05, 3.63) is 35.4 Å². The third-order valence-corrected chi connectivity index (χ3v) is 3.43. The van der Waals surface area contributed by atoms with Crippen LogP contribution in [0.3, 0.4) is 0 Å². The van der Waals surface area contributed by atoms with Crippen molar-refractivity contribution in [2.24, 2.45) is 0 Å². The zero-order chi connectivity index (χ0) is 12.7. The lowest BCUT2D eigenvalue weighted by molar-refractivity contribution is -0.139. The first-order chi connectivity index (χ1) is 7.83. The highest BCUT2D eigenvalue weighted by Crippen LogP contribution is 2.44. The number of rotatable bonds is 1. The van der Waals surface area contributed by atoms with E-state index in [0.29, 0.717) is 12.8 Å². The molecule has 0 spiro atoms. The number of hydrogen-bond donors (Lipinski definition) is 0. The molecule has 4 heteroatoms. The maximum Gasteiger partial charge on any atom is 0.416 e. The Balaban J connectivity index is 2.49. The summed E-state index contributed by atoms with van der Waals surface area (Å²) in [6, 6.07) is 5.55. The van der Waals surface area contributed by atoms with Gasteiger partial charge in [0.2, 0.25) is 0 Å². The van der Waals surface area contributed by atoms with Gasteiger partial charge in [0.15, 0.2) is 0 Å². The van der Waals surface area contributed by atoms with E-state index in [0.717, 1.165) is 6.07 Å². The lowest BCUT2D eigenvalue weighted by atomic mass is 9.78. The summed E-state index contributed by atoms with van der Waals surface area (Å²) in [5.74, 6) is 0.0458. The van der Waals surface area contributed by atoms with E-state index in [9.17, 15) is 18.0 Å². The molecule has 92 valence electrons. The lowest BCUT2D eigenvalue weighted by Crippen LogP contribution is -2.23. The summed E-state index contributed by atoms with van der Waals surface area (Å²) in [5, 5.41) is 0. The van der Waals surface area contributed by atoms with E-state index in [2.05, 4.69) is 0 Å². The predicted octanol–water partition coefficient (Wildman–Crippen LogP) is 3.72. The molecule has 1 aromatic rings. The topological polar surface area (TPSA) is 17.1 Å². The fraction of sp³-hybridized carbons (Fsp3) is 0.462. The first-order valence-electron chi connectivity index (χ1n) is 5.51. The standard InChI is InChI=1S/C13H13F3O/c1-12(7-6-9(17)8-12)10-4-2-3-5-11(10)13(14,15)16/h2-5H,6-8H2,1H3. The van der Waals surface area contributed by atoms with Crippen molar-refractivity contribution in [2.45, 2.75) is 37.8 Å². The molecule has 0 aromatic heterocycles. The van der Waals surface area contributed by atoms with E-state index in [1.807, 2.05) is 0 Å². The number of carbonyl (C=O) groups excluding carboxylic acids is 1. The van der Waals surface area contributed by atoms with Gasteiger partial charge in [0.1, 0.15) is 5.78 Å². The van der Waals surface area contributed by atoms with Crippen LogP contribution in [0.25, 0.3) is 0 Å². The van der Waals surface area contributed by atoms with Gasteiger partial charge in [-0.15, -0.1) is 0 Å². The van der Waals surface area contributed by atoms with Crippen LogP contribution in [0.4, 0.5) is 13.2 Å². The number of hydrogen-bond acceptors (Lipinski definition) is 1. The van der Waals surface area contributed by atoms with Crippen LogP contribution in [0.2, 0.25) is 0 Å². The number of ketones is 1. The van der Waals surface area contributed by atoms with Crippen molar-refractivity contribution in [3.63, 3.8) is 0 Å². The van der Waals surface area contributed by atoms with Crippen molar-refractivity contribution in [1.82, 2.24) is 0 Å². The molecule has 1 aliphatic rings. The SMILES string of the molecule is CC1(c2ccccc2C(F)(F)F)CCC(=O)C1. The summed E-state index contributed by atoms with van der Waals surface area (Å²) in [4.78, 5) is 11.3. The van der Waals surface area contributed by atoms with Gasteiger partial charge in [0.05, 0.1) is 5.56 Å². The molecular formula is C13H13F3O. The molecule has 17 heavy (non-hydrogen) atoms. The van der Waals surface area contributed by atoms with Crippen LogP contribution >= 0.6 is 0 Å². The lowest BCUT2D eigenvalue weighted by Gasteiger charge is -2.27. The molecule has 0 aliphatic heterocycles. The second kappa shape index (κ2) is 3.86. The third-order valence-electron chi connectivity index (χ3n) is 3.43. The van der Waals surface area contributed by atoms with Gasteiger partial charge in [0.25, 0.3) is 0 Å². The maximum absolute atomic E-state index is 12.9.